The Morgan fingerprint density at radius 3 is 3.05 bits per heavy atom. The molecule has 1 aromatic heterocycles. The number of nitrogen functional groups attached to an aromatic ring is 2. The topological polar surface area (TPSA) is 112 Å². The highest BCUT2D eigenvalue weighted by Gasteiger charge is 2.09. The molecule has 9 heteroatoms. The number of thioether (sulfide) groups is 1. The smallest absolute Gasteiger partial charge is 0.287 e. The number of nitrogens with zero attached hydrogens (tertiary/aromatic N) is 3. The highest BCUT2D eigenvalue weighted by atomic mass is 35.5. The number of carbonyl (C=O) groups excluding carboxylic acids is 1. The monoisotopic (exact) mass is 312 g/mol. The summed E-state index contributed by atoms with van der Waals surface area (Å²) in [5, 5.41) is 8.20. The molecule has 106 valence electrons. The van der Waals surface area contributed by atoms with Gasteiger partial charge in [-0.25, -0.2) is 5.84 Å². The molecule has 0 unspecified atom stereocenters. The van der Waals surface area contributed by atoms with Crippen LogP contribution in [0, 0.1) is 0 Å². The Morgan fingerprint density at radius 1 is 1.50 bits per heavy atom. The number of aromatic nitrogens is 3. The van der Waals surface area contributed by atoms with Gasteiger partial charge in [-0.1, -0.05) is 16.8 Å². The molecule has 2 rings (SSSR count). The molecule has 5 N–H and O–H groups in total. The molecule has 7 nitrogen and oxygen atoms in total. The first-order valence-corrected chi connectivity index (χ1v) is 7.05. The molecule has 0 saturated carbocycles. The molecule has 0 radical (unpaired) electrons. The molecule has 0 aliphatic heterocycles. The summed E-state index contributed by atoms with van der Waals surface area (Å²) >= 11 is 7.62. The van der Waals surface area contributed by atoms with Gasteiger partial charge >= 0.3 is 0 Å². The largest absolute Gasteiger partial charge is 0.399 e. The number of nitrogens with one attached hydrogen (secondary N) is 1. The summed E-state index contributed by atoms with van der Waals surface area (Å²) in [6.45, 7) is 0.584. The van der Waals surface area contributed by atoms with Crippen LogP contribution in [0.1, 0.15) is 10.5 Å². The molecular weight excluding hydrogens is 300 g/mol. The van der Waals surface area contributed by atoms with Gasteiger partial charge in [-0.05, 0) is 18.2 Å². The van der Waals surface area contributed by atoms with Crippen LogP contribution in [-0.2, 0) is 6.54 Å². The van der Waals surface area contributed by atoms with Crippen LogP contribution in [0.25, 0.3) is 0 Å². The Hall–Kier alpha value is -1.77. The van der Waals surface area contributed by atoms with Gasteiger partial charge in [-0.15, -0.1) is 16.9 Å². The van der Waals surface area contributed by atoms with Crippen molar-refractivity contribution in [1.29, 1.82) is 0 Å². The lowest BCUT2D eigenvalue weighted by Gasteiger charge is -2.05. The molecule has 0 spiro atoms. The van der Waals surface area contributed by atoms with E-state index in [0.29, 0.717) is 17.3 Å². The third kappa shape index (κ3) is 3.62. The van der Waals surface area contributed by atoms with E-state index in [9.17, 15) is 4.79 Å². The summed E-state index contributed by atoms with van der Waals surface area (Å²) in [5.41, 5.74) is 8.55. The molecule has 0 aliphatic rings. The third-order valence-corrected chi connectivity index (χ3v) is 3.91. The highest BCUT2D eigenvalue weighted by molar-refractivity contribution is 7.99. The summed E-state index contributed by atoms with van der Waals surface area (Å²) in [5.74, 6) is 5.26. The van der Waals surface area contributed by atoms with Crippen LogP contribution in [0.4, 0.5) is 5.69 Å². The van der Waals surface area contributed by atoms with Gasteiger partial charge in [0.25, 0.3) is 5.91 Å². The van der Waals surface area contributed by atoms with Gasteiger partial charge in [0.2, 0.25) is 0 Å². The molecule has 0 atom stereocenters. The average molecular weight is 313 g/mol. The number of aryl methyl sites for hydroxylation is 1. The van der Waals surface area contributed by atoms with E-state index in [1.165, 1.54) is 6.20 Å². The molecule has 1 aromatic carbocycles. The minimum Gasteiger partial charge on any atom is -0.399 e. The second-order valence-electron chi connectivity index (χ2n) is 3.88. The maximum Gasteiger partial charge on any atom is 0.287 e. The number of carbonyl (C=O) groups is 1. The highest BCUT2D eigenvalue weighted by Crippen LogP contribution is 2.28. The van der Waals surface area contributed by atoms with Gasteiger partial charge in [0, 0.05) is 16.3 Å². The first kappa shape index (κ1) is 14.6. The first-order chi connectivity index (χ1) is 9.60. The summed E-state index contributed by atoms with van der Waals surface area (Å²) in [4.78, 5) is 12.1. The van der Waals surface area contributed by atoms with Gasteiger partial charge in [-0.2, -0.15) is 0 Å². The summed E-state index contributed by atoms with van der Waals surface area (Å²) in [6, 6.07) is 5.33. The first-order valence-electron chi connectivity index (χ1n) is 5.69. The molecule has 1 amide bonds. The van der Waals surface area contributed by atoms with Crippen molar-refractivity contribution in [3.63, 3.8) is 0 Å². The van der Waals surface area contributed by atoms with Crippen LogP contribution < -0.4 is 17.0 Å². The van der Waals surface area contributed by atoms with Crippen LogP contribution in [0.5, 0.6) is 0 Å². The predicted octanol–water partition coefficient (Wildman–Crippen LogP) is 0.909. The number of nitrogens with two attached hydrogens (primary N) is 2. The van der Waals surface area contributed by atoms with Crippen molar-refractivity contribution in [1.82, 2.24) is 20.4 Å². The van der Waals surface area contributed by atoms with Gasteiger partial charge < -0.3 is 5.73 Å². The zero-order valence-corrected chi connectivity index (χ0v) is 12.0. The van der Waals surface area contributed by atoms with Crippen LogP contribution in [0.15, 0.2) is 29.3 Å². The Bertz CT molecular complexity index is 617. The van der Waals surface area contributed by atoms with E-state index in [1.54, 1.807) is 28.6 Å². The van der Waals surface area contributed by atoms with Crippen LogP contribution >= 0.6 is 23.4 Å². The fourth-order valence-corrected chi connectivity index (χ4v) is 2.67. The number of anilines is 1. The van der Waals surface area contributed by atoms with Gasteiger partial charge in [-0.3, -0.25) is 14.9 Å². The van der Waals surface area contributed by atoms with Crippen molar-refractivity contribution in [2.75, 3.05) is 11.5 Å². The van der Waals surface area contributed by atoms with Gasteiger partial charge in [0.05, 0.1) is 17.8 Å². The number of hydrogen-bond donors (Lipinski definition) is 3. The zero-order valence-electron chi connectivity index (χ0n) is 10.4. The number of hydrogen-bond acceptors (Lipinski definition) is 6. The lowest BCUT2D eigenvalue weighted by Crippen LogP contribution is -2.30. The van der Waals surface area contributed by atoms with Crippen molar-refractivity contribution in [2.24, 2.45) is 5.84 Å². The van der Waals surface area contributed by atoms with E-state index in [4.69, 9.17) is 23.2 Å². The van der Waals surface area contributed by atoms with Crippen molar-refractivity contribution < 1.29 is 4.79 Å². The fourth-order valence-electron chi connectivity index (χ4n) is 1.47. The summed E-state index contributed by atoms with van der Waals surface area (Å²) < 4.78 is 1.57. The van der Waals surface area contributed by atoms with Crippen LogP contribution in [0.3, 0.4) is 0 Å². The summed E-state index contributed by atoms with van der Waals surface area (Å²) in [7, 11) is 0. The molecular formula is C11H13ClN6OS. The molecule has 0 saturated heterocycles. The quantitative estimate of drug-likeness (QED) is 0.249. The van der Waals surface area contributed by atoms with E-state index in [1.807, 2.05) is 11.5 Å². The lowest BCUT2D eigenvalue weighted by molar-refractivity contribution is 0.0948. The van der Waals surface area contributed by atoms with Crippen LogP contribution in [0.2, 0.25) is 5.02 Å². The minimum absolute atomic E-state index is 0.180. The third-order valence-electron chi connectivity index (χ3n) is 2.44. The summed E-state index contributed by atoms with van der Waals surface area (Å²) in [6.07, 6.45) is 1.53. The minimum atomic E-state index is -0.470. The van der Waals surface area contributed by atoms with Crippen molar-refractivity contribution >= 4 is 35.0 Å². The SMILES string of the molecule is NNC(=O)c1cn(CCSc2cc(N)ccc2Cl)nn1. The fraction of sp³-hybridized carbons (Fsp3) is 0.182. The molecule has 0 bridgehead atoms. The standard InChI is InChI=1S/C11H13ClN6OS/c12-8-2-1-7(13)5-10(8)20-4-3-18-6-9(16-17-18)11(19)15-14/h1-2,5-6H,3-4,13-14H2,(H,15,19). The zero-order chi connectivity index (χ0) is 14.5. The maximum atomic E-state index is 11.2. The molecule has 0 fully saturated rings. The molecule has 1 heterocycles. The van der Waals surface area contributed by atoms with Gasteiger partial charge in [0.15, 0.2) is 5.69 Å². The van der Waals surface area contributed by atoms with E-state index in [-0.39, 0.29) is 5.69 Å². The molecule has 20 heavy (non-hydrogen) atoms. The van der Waals surface area contributed by atoms with Crippen molar-refractivity contribution in [2.45, 2.75) is 11.4 Å². The molecule has 2 aromatic rings. The van der Waals surface area contributed by atoms with Crippen molar-refractivity contribution in [3.05, 3.63) is 35.1 Å². The number of hydrazine groups is 1. The van der Waals surface area contributed by atoms with Gasteiger partial charge in [0.1, 0.15) is 0 Å². The van der Waals surface area contributed by atoms with E-state index >= 15 is 0 Å². The Labute approximate surface area is 124 Å². The molecule has 0 aliphatic carbocycles. The van der Waals surface area contributed by atoms with Crippen molar-refractivity contribution in [3.8, 4) is 0 Å². The number of halogens is 1. The average Bonchev–Trinajstić information content (AvgIpc) is 2.90. The van der Waals surface area contributed by atoms with E-state index < -0.39 is 5.91 Å². The lowest BCUT2D eigenvalue weighted by atomic mass is 10.3. The Kier molecular flexibility index (Phi) is 4.83. The number of benzene rings is 1. The van der Waals surface area contributed by atoms with Crippen LogP contribution in [-0.4, -0.2) is 26.7 Å². The predicted molar refractivity (Wildman–Crippen MR) is 78.3 cm³/mol. The normalized spacial score (nSPS) is 10.5. The second-order valence-corrected chi connectivity index (χ2v) is 5.42. The maximum absolute atomic E-state index is 11.2. The second kappa shape index (κ2) is 6.60. The van der Waals surface area contributed by atoms with E-state index in [0.717, 1.165) is 10.6 Å². The number of rotatable bonds is 5. The Balaban J connectivity index is 1.91. The Morgan fingerprint density at radius 2 is 2.30 bits per heavy atom. The number of amides is 1. The van der Waals surface area contributed by atoms with E-state index in [2.05, 4.69) is 10.3 Å².